The fourth-order valence-corrected chi connectivity index (χ4v) is 6.45. The number of carbonyl (C=O) groups excluding carboxylic acids is 2. The average Bonchev–Trinajstić information content (AvgIpc) is 3.01. The van der Waals surface area contributed by atoms with Crippen molar-refractivity contribution >= 4 is 78.2 Å². The second-order valence-electron chi connectivity index (χ2n) is 11.3. The van der Waals surface area contributed by atoms with Gasteiger partial charge >= 0.3 is 11.9 Å². The zero-order valence-electron chi connectivity index (χ0n) is 25.9. The van der Waals surface area contributed by atoms with Crippen LogP contribution < -0.4 is 9.47 Å². The molecule has 2 atom stereocenters. The number of ether oxygens (including phenoxy) is 4. The van der Waals surface area contributed by atoms with Crippen LogP contribution in [0.4, 0.5) is 0 Å². The number of esters is 2. The van der Waals surface area contributed by atoms with E-state index >= 15 is 0 Å². The van der Waals surface area contributed by atoms with Crippen LogP contribution in [-0.2, 0) is 19.1 Å². The number of benzene rings is 6. The molecule has 0 heterocycles. The molecule has 0 spiro atoms. The molecule has 8 heteroatoms. The van der Waals surface area contributed by atoms with E-state index in [4.69, 9.17) is 42.1 Å². The maximum atomic E-state index is 11.6. The second-order valence-corrected chi connectivity index (χ2v) is 12.2. The SMILES string of the molecule is CC(=O)OC(C)COc1c2ccccc2c(-c2c3ccccc3c(OCC(C)OC(C)=O)c3ccc(Cl)cc23)c2cc(Cl)ccc12. The Labute approximate surface area is 276 Å². The third kappa shape index (κ3) is 6.15. The molecule has 6 nitrogen and oxygen atoms in total. The number of hydrogen-bond acceptors (Lipinski definition) is 6. The second kappa shape index (κ2) is 13.1. The molecule has 0 bridgehead atoms. The van der Waals surface area contributed by atoms with E-state index in [-0.39, 0.29) is 25.2 Å². The van der Waals surface area contributed by atoms with E-state index in [1.54, 1.807) is 13.8 Å². The molecule has 0 N–H and O–H groups in total. The molecule has 0 aliphatic carbocycles. The van der Waals surface area contributed by atoms with E-state index < -0.39 is 12.2 Å². The zero-order chi connectivity index (χ0) is 32.5. The quantitative estimate of drug-likeness (QED) is 0.114. The van der Waals surface area contributed by atoms with Gasteiger partial charge in [-0.05, 0) is 82.9 Å². The van der Waals surface area contributed by atoms with Crippen molar-refractivity contribution in [2.24, 2.45) is 0 Å². The normalized spacial score (nSPS) is 12.7. The summed E-state index contributed by atoms with van der Waals surface area (Å²) in [5.74, 6) is 0.629. The maximum absolute atomic E-state index is 11.6. The lowest BCUT2D eigenvalue weighted by Gasteiger charge is -2.23. The summed E-state index contributed by atoms with van der Waals surface area (Å²) in [4.78, 5) is 23.2. The van der Waals surface area contributed by atoms with Gasteiger partial charge < -0.3 is 18.9 Å². The van der Waals surface area contributed by atoms with E-state index in [9.17, 15) is 9.59 Å². The van der Waals surface area contributed by atoms with Gasteiger partial charge in [-0.3, -0.25) is 9.59 Å². The van der Waals surface area contributed by atoms with Crippen molar-refractivity contribution in [3.63, 3.8) is 0 Å². The van der Waals surface area contributed by atoms with Gasteiger partial charge in [-0.25, -0.2) is 0 Å². The van der Waals surface area contributed by atoms with Crippen molar-refractivity contribution in [1.29, 1.82) is 0 Å². The predicted molar refractivity (Wildman–Crippen MR) is 185 cm³/mol. The van der Waals surface area contributed by atoms with Gasteiger partial charge in [0.05, 0.1) is 0 Å². The van der Waals surface area contributed by atoms with Crippen LogP contribution in [0.2, 0.25) is 10.0 Å². The average molecular weight is 656 g/mol. The summed E-state index contributed by atoms with van der Waals surface area (Å²) in [6, 6.07) is 27.7. The van der Waals surface area contributed by atoms with E-state index in [1.165, 1.54) is 13.8 Å². The van der Waals surface area contributed by atoms with Crippen LogP contribution in [0, 0.1) is 0 Å². The Morgan fingerprint density at radius 2 is 0.891 bits per heavy atom. The lowest BCUT2D eigenvalue weighted by Crippen LogP contribution is -2.20. The highest BCUT2D eigenvalue weighted by Crippen LogP contribution is 2.50. The first-order valence-electron chi connectivity index (χ1n) is 15.0. The molecule has 0 saturated carbocycles. The van der Waals surface area contributed by atoms with Crippen LogP contribution >= 0.6 is 23.2 Å². The van der Waals surface area contributed by atoms with E-state index in [1.807, 2.05) is 72.8 Å². The Hall–Kier alpha value is -4.52. The third-order valence-electron chi connectivity index (χ3n) is 7.78. The number of rotatable bonds is 9. The van der Waals surface area contributed by atoms with Gasteiger partial charge in [0.1, 0.15) is 36.9 Å². The van der Waals surface area contributed by atoms with E-state index in [0.717, 1.165) is 54.2 Å². The van der Waals surface area contributed by atoms with Crippen molar-refractivity contribution in [3.8, 4) is 22.6 Å². The number of carbonyl (C=O) groups is 2. The van der Waals surface area contributed by atoms with E-state index in [2.05, 4.69) is 12.1 Å². The molecule has 234 valence electrons. The fraction of sp³-hybridized carbons (Fsp3) is 0.211. The van der Waals surface area contributed by atoms with Crippen LogP contribution in [0.1, 0.15) is 27.7 Å². The Balaban J connectivity index is 1.67. The van der Waals surface area contributed by atoms with Crippen molar-refractivity contribution in [2.75, 3.05) is 13.2 Å². The van der Waals surface area contributed by atoms with Crippen LogP contribution in [0.25, 0.3) is 54.2 Å². The minimum Gasteiger partial charge on any atom is -0.488 e. The summed E-state index contributed by atoms with van der Waals surface area (Å²) in [5.41, 5.74) is 1.94. The van der Waals surface area contributed by atoms with Gasteiger partial charge in [0, 0.05) is 45.4 Å². The molecule has 0 aliphatic rings. The topological polar surface area (TPSA) is 71.1 Å². The lowest BCUT2D eigenvalue weighted by atomic mass is 9.85. The standard InChI is InChI=1S/C38H32Cl2O6/c1-21(45-23(3)41)19-43-37-29-11-7-5-9-27(29)35(33-17-25(39)13-15-31(33)37)36-28-10-6-8-12-30(28)38(44-20-22(2)46-24(4)42)32-16-14-26(40)18-34(32)36/h5-18,21-22H,19-20H2,1-4H3. The first kappa shape index (κ1) is 31.5. The summed E-state index contributed by atoms with van der Waals surface area (Å²) < 4.78 is 23.5. The molecule has 2 unspecified atom stereocenters. The summed E-state index contributed by atoms with van der Waals surface area (Å²) in [7, 11) is 0. The van der Waals surface area contributed by atoms with Crippen molar-refractivity contribution in [3.05, 3.63) is 95.0 Å². The predicted octanol–water partition coefficient (Wildman–Crippen LogP) is 9.93. The molecule has 6 aromatic carbocycles. The van der Waals surface area contributed by atoms with Crippen LogP contribution in [0.5, 0.6) is 11.5 Å². The van der Waals surface area contributed by atoms with Gasteiger partial charge in [0.25, 0.3) is 0 Å². The molecule has 6 rings (SSSR count). The molecule has 0 aliphatic heterocycles. The Bertz CT molecular complexity index is 1990. The summed E-state index contributed by atoms with van der Waals surface area (Å²) in [5, 5.41) is 8.38. The van der Waals surface area contributed by atoms with Gasteiger partial charge in [-0.2, -0.15) is 0 Å². The van der Waals surface area contributed by atoms with Crippen molar-refractivity contribution < 1.29 is 28.5 Å². The zero-order valence-corrected chi connectivity index (χ0v) is 27.4. The van der Waals surface area contributed by atoms with Gasteiger partial charge in [0.2, 0.25) is 0 Å². The molecular formula is C38H32Cl2O6. The largest absolute Gasteiger partial charge is 0.488 e. The monoisotopic (exact) mass is 654 g/mol. The molecule has 0 fully saturated rings. The molecule has 0 amide bonds. The minimum absolute atomic E-state index is 0.180. The molecule has 0 saturated heterocycles. The third-order valence-corrected chi connectivity index (χ3v) is 8.25. The fourth-order valence-electron chi connectivity index (χ4n) is 6.11. The maximum Gasteiger partial charge on any atom is 0.303 e. The van der Waals surface area contributed by atoms with Crippen LogP contribution in [0.3, 0.4) is 0 Å². The smallest absolute Gasteiger partial charge is 0.303 e. The Kier molecular flexibility index (Phi) is 8.94. The Morgan fingerprint density at radius 3 is 1.26 bits per heavy atom. The van der Waals surface area contributed by atoms with Gasteiger partial charge in [-0.15, -0.1) is 0 Å². The highest BCUT2D eigenvalue weighted by atomic mass is 35.5. The van der Waals surface area contributed by atoms with Gasteiger partial charge in [-0.1, -0.05) is 71.7 Å². The lowest BCUT2D eigenvalue weighted by molar-refractivity contribution is -0.147. The first-order chi connectivity index (χ1) is 22.1. The molecule has 0 aromatic heterocycles. The molecule has 46 heavy (non-hydrogen) atoms. The summed E-state index contributed by atoms with van der Waals surface area (Å²) in [6.45, 7) is 6.73. The van der Waals surface area contributed by atoms with E-state index in [0.29, 0.717) is 21.5 Å². The summed E-state index contributed by atoms with van der Waals surface area (Å²) >= 11 is 13.4. The van der Waals surface area contributed by atoms with Crippen LogP contribution in [0.15, 0.2) is 84.9 Å². The number of halogens is 2. The van der Waals surface area contributed by atoms with Crippen LogP contribution in [-0.4, -0.2) is 37.4 Å². The minimum atomic E-state index is -0.440. The molecule has 6 aromatic rings. The molecule has 0 radical (unpaired) electrons. The molecular weight excluding hydrogens is 623 g/mol. The highest BCUT2D eigenvalue weighted by molar-refractivity contribution is 6.34. The van der Waals surface area contributed by atoms with Crippen molar-refractivity contribution in [1.82, 2.24) is 0 Å². The summed E-state index contributed by atoms with van der Waals surface area (Å²) in [6.07, 6.45) is -0.881. The number of fused-ring (bicyclic) bond motifs is 4. The van der Waals surface area contributed by atoms with Gasteiger partial charge in [0.15, 0.2) is 0 Å². The first-order valence-corrected chi connectivity index (χ1v) is 15.8. The Morgan fingerprint density at radius 1 is 0.543 bits per heavy atom. The number of hydrogen-bond donors (Lipinski definition) is 0. The van der Waals surface area contributed by atoms with Crippen molar-refractivity contribution in [2.45, 2.75) is 39.9 Å². The highest BCUT2D eigenvalue weighted by Gasteiger charge is 2.24.